The van der Waals surface area contributed by atoms with Crippen LogP contribution >= 0.6 is 11.3 Å². The molecule has 0 radical (unpaired) electrons. The van der Waals surface area contributed by atoms with Gasteiger partial charge in [-0.1, -0.05) is 49.4 Å². The molecule has 0 spiro atoms. The summed E-state index contributed by atoms with van der Waals surface area (Å²) in [6.45, 7) is 2.11. The molecule has 1 amide bonds. The second-order valence-electron chi connectivity index (χ2n) is 6.49. The van der Waals surface area contributed by atoms with E-state index in [-0.39, 0.29) is 17.2 Å². The molecule has 0 saturated carbocycles. The van der Waals surface area contributed by atoms with Crippen LogP contribution in [-0.2, 0) is 6.42 Å². The number of rotatable bonds is 5. The number of hydrogen-bond acceptors (Lipinski definition) is 4. The number of hydrogen-bond donors (Lipinski definition) is 1. The molecule has 0 aliphatic heterocycles. The lowest BCUT2D eigenvalue weighted by molar-refractivity contribution is 0.0916. The molecule has 140 valence electrons. The fraction of sp³-hybridized carbons (Fsp3) is 0.130. The molecule has 4 nitrogen and oxygen atoms in total. The Morgan fingerprint density at radius 3 is 2.57 bits per heavy atom. The van der Waals surface area contributed by atoms with Gasteiger partial charge in [0.15, 0.2) is 11.2 Å². The van der Waals surface area contributed by atoms with E-state index >= 15 is 0 Å². The maximum atomic E-state index is 12.9. The van der Waals surface area contributed by atoms with E-state index in [0.717, 1.165) is 16.9 Å². The zero-order valence-electron chi connectivity index (χ0n) is 15.3. The second-order valence-corrected chi connectivity index (χ2v) is 7.47. The second kappa shape index (κ2) is 7.82. The van der Waals surface area contributed by atoms with Crippen LogP contribution in [0.3, 0.4) is 0 Å². The summed E-state index contributed by atoms with van der Waals surface area (Å²) in [6, 6.07) is 20.0. The molecule has 1 unspecified atom stereocenters. The van der Waals surface area contributed by atoms with Crippen LogP contribution in [0.4, 0.5) is 0 Å². The van der Waals surface area contributed by atoms with Gasteiger partial charge >= 0.3 is 0 Å². The summed E-state index contributed by atoms with van der Waals surface area (Å²) in [6.07, 6.45) is 0.957. The van der Waals surface area contributed by atoms with Crippen molar-refractivity contribution >= 4 is 28.2 Å². The number of amides is 1. The largest absolute Gasteiger partial charge is 0.451 e. The minimum absolute atomic E-state index is 0.00966. The normalized spacial score (nSPS) is 12.0. The number of para-hydroxylation sites is 1. The molecule has 2 heterocycles. The highest BCUT2D eigenvalue weighted by Gasteiger charge is 2.21. The summed E-state index contributed by atoms with van der Waals surface area (Å²) in [5.74, 6) is -0.406. The van der Waals surface area contributed by atoms with Gasteiger partial charge in [0.1, 0.15) is 5.58 Å². The zero-order valence-corrected chi connectivity index (χ0v) is 16.2. The third kappa shape index (κ3) is 3.62. The first-order chi connectivity index (χ1) is 13.7. The van der Waals surface area contributed by atoms with Gasteiger partial charge in [-0.2, -0.15) is 0 Å². The molecule has 4 aromatic rings. The quantitative estimate of drug-likeness (QED) is 0.526. The van der Waals surface area contributed by atoms with Crippen molar-refractivity contribution in [2.75, 3.05) is 0 Å². The topological polar surface area (TPSA) is 59.3 Å². The van der Waals surface area contributed by atoms with Crippen LogP contribution in [0.15, 0.2) is 81.3 Å². The van der Waals surface area contributed by atoms with E-state index in [0.29, 0.717) is 11.0 Å². The fourth-order valence-corrected chi connectivity index (χ4v) is 3.94. The predicted octanol–water partition coefficient (Wildman–Crippen LogP) is 4.94. The third-order valence-electron chi connectivity index (χ3n) is 4.68. The lowest BCUT2D eigenvalue weighted by Crippen LogP contribution is -2.29. The van der Waals surface area contributed by atoms with Crippen LogP contribution in [0.2, 0.25) is 0 Å². The smallest absolute Gasteiger partial charge is 0.287 e. The lowest BCUT2D eigenvalue weighted by atomic mass is 10.0. The zero-order chi connectivity index (χ0) is 19.5. The van der Waals surface area contributed by atoms with Gasteiger partial charge in [-0.05, 0) is 41.1 Å². The Morgan fingerprint density at radius 2 is 1.86 bits per heavy atom. The van der Waals surface area contributed by atoms with Crippen LogP contribution in [-0.4, -0.2) is 5.91 Å². The summed E-state index contributed by atoms with van der Waals surface area (Å²) in [5.41, 5.74) is 2.39. The van der Waals surface area contributed by atoms with E-state index in [1.807, 2.05) is 29.6 Å². The molecule has 1 atom stereocenters. The molecule has 2 aromatic heterocycles. The van der Waals surface area contributed by atoms with Gasteiger partial charge in [-0.25, -0.2) is 0 Å². The maximum absolute atomic E-state index is 12.9. The van der Waals surface area contributed by atoms with Gasteiger partial charge in [-0.3, -0.25) is 9.59 Å². The Kier molecular flexibility index (Phi) is 5.08. The van der Waals surface area contributed by atoms with Crippen molar-refractivity contribution in [3.63, 3.8) is 0 Å². The van der Waals surface area contributed by atoms with Gasteiger partial charge in [-0.15, -0.1) is 11.3 Å². The van der Waals surface area contributed by atoms with Crippen molar-refractivity contribution in [3.8, 4) is 0 Å². The highest BCUT2D eigenvalue weighted by molar-refractivity contribution is 7.10. The number of thiophene rings is 1. The molecule has 0 saturated heterocycles. The standard InChI is InChI=1S/C23H19NO3S/c1-2-15-9-11-16(12-10-15)22(21-8-5-13-28-21)24-23(26)20-14-18(25)17-6-3-4-7-19(17)27-20/h3-14,22H,2H2,1H3,(H,24,26). The van der Waals surface area contributed by atoms with E-state index in [1.165, 1.54) is 11.6 Å². The van der Waals surface area contributed by atoms with Crippen LogP contribution in [0.5, 0.6) is 0 Å². The monoisotopic (exact) mass is 389 g/mol. The van der Waals surface area contributed by atoms with Gasteiger partial charge in [0, 0.05) is 10.9 Å². The Hall–Kier alpha value is -3.18. The summed E-state index contributed by atoms with van der Waals surface area (Å²) in [4.78, 5) is 26.2. The third-order valence-corrected chi connectivity index (χ3v) is 5.62. The molecule has 4 rings (SSSR count). The minimum Gasteiger partial charge on any atom is -0.451 e. The van der Waals surface area contributed by atoms with Crippen molar-refractivity contribution in [1.82, 2.24) is 5.32 Å². The number of nitrogens with one attached hydrogen (secondary N) is 1. The van der Waals surface area contributed by atoms with E-state index in [4.69, 9.17) is 4.42 Å². The van der Waals surface area contributed by atoms with E-state index < -0.39 is 5.91 Å². The Balaban J connectivity index is 1.68. The van der Waals surface area contributed by atoms with Crippen molar-refractivity contribution in [3.05, 3.63) is 104 Å². The van der Waals surface area contributed by atoms with Crippen molar-refractivity contribution in [2.45, 2.75) is 19.4 Å². The van der Waals surface area contributed by atoms with Gasteiger partial charge < -0.3 is 9.73 Å². The summed E-state index contributed by atoms with van der Waals surface area (Å²) in [5, 5.41) is 5.46. The van der Waals surface area contributed by atoms with Crippen molar-refractivity contribution in [2.24, 2.45) is 0 Å². The number of carbonyl (C=O) groups excluding carboxylic acids is 1. The average Bonchev–Trinajstić information content (AvgIpc) is 3.26. The number of benzene rings is 2. The van der Waals surface area contributed by atoms with E-state index in [9.17, 15) is 9.59 Å². The van der Waals surface area contributed by atoms with Gasteiger partial charge in [0.25, 0.3) is 5.91 Å². The summed E-state index contributed by atoms with van der Waals surface area (Å²) in [7, 11) is 0. The van der Waals surface area contributed by atoms with Crippen LogP contribution in [0, 0.1) is 0 Å². The fourth-order valence-electron chi connectivity index (χ4n) is 3.14. The van der Waals surface area contributed by atoms with Crippen LogP contribution < -0.4 is 10.7 Å². The van der Waals surface area contributed by atoms with Gasteiger partial charge in [0.05, 0.1) is 11.4 Å². The summed E-state index contributed by atoms with van der Waals surface area (Å²) >= 11 is 1.57. The predicted molar refractivity (Wildman–Crippen MR) is 112 cm³/mol. The molecule has 1 N–H and O–H groups in total. The Bertz CT molecular complexity index is 1160. The van der Waals surface area contributed by atoms with Gasteiger partial charge in [0.2, 0.25) is 0 Å². The highest BCUT2D eigenvalue weighted by atomic mass is 32.1. The first-order valence-corrected chi connectivity index (χ1v) is 9.99. The SMILES string of the molecule is CCc1ccc(C(NC(=O)c2cc(=O)c3ccccc3o2)c2cccs2)cc1. The average molecular weight is 389 g/mol. The number of aryl methyl sites for hydroxylation is 1. The molecular weight excluding hydrogens is 370 g/mol. The molecule has 2 aromatic carbocycles. The Morgan fingerprint density at radius 1 is 1.07 bits per heavy atom. The Labute approximate surface area is 166 Å². The van der Waals surface area contributed by atoms with E-state index in [1.54, 1.807) is 35.6 Å². The molecule has 5 heteroatoms. The molecular formula is C23H19NO3S. The molecule has 0 aliphatic rings. The minimum atomic E-state index is -0.416. The maximum Gasteiger partial charge on any atom is 0.287 e. The first-order valence-electron chi connectivity index (χ1n) is 9.11. The lowest BCUT2D eigenvalue weighted by Gasteiger charge is -2.18. The highest BCUT2D eigenvalue weighted by Crippen LogP contribution is 2.27. The molecule has 28 heavy (non-hydrogen) atoms. The summed E-state index contributed by atoms with van der Waals surface area (Å²) < 4.78 is 5.69. The number of carbonyl (C=O) groups is 1. The molecule has 0 aliphatic carbocycles. The first kappa shape index (κ1) is 18.2. The molecule has 0 fully saturated rings. The van der Waals surface area contributed by atoms with E-state index in [2.05, 4.69) is 24.4 Å². The van der Waals surface area contributed by atoms with Crippen LogP contribution in [0.25, 0.3) is 11.0 Å². The van der Waals surface area contributed by atoms with Crippen molar-refractivity contribution in [1.29, 1.82) is 0 Å². The van der Waals surface area contributed by atoms with Crippen LogP contribution in [0.1, 0.15) is 39.5 Å². The molecule has 0 bridgehead atoms. The number of fused-ring (bicyclic) bond motifs is 1. The van der Waals surface area contributed by atoms with Crippen molar-refractivity contribution < 1.29 is 9.21 Å².